The molecule has 214 valence electrons. The number of sulfonamides is 1. The van der Waals surface area contributed by atoms with Crippen molar-refractivity contribution in [3.8, 4) is 0 Å². The Bertz CT molecular complexity index is 1530. The standard InChI is InChI=1S/C25H32N4O6S3.ClH/c1-17-15-28(16-18(2)35-17)38(33,34)20-11-9-19(10-12-20)24(30)29(14-13-27(3)4)25-26-23-21(36-25)7-6-8-22(23)37(5,31)32;/h6-12,17-18H,13-16H2,1-5H3;1H. The third kappa shape index (κ3) is 6.96. The average molecular weight is 617 g/mol. The molecule has 1 aliphatic rings. The number of morpholine rings is 1. The number of para-hydroxylation sites is 1. The minimum absolute atomic E-state index is 0. The summed E-state index contributed by atoms with van der Waals surface area (Å²) in [7, 11) is -3.49. The summed E-state index contributed by atoms with van der Waals surface area (Å²) >= 11 is 1.23. The number of amides is 1. The fourth-order valence-electron chi connectivity index (χ4n) is 4.31. The number of halogens is 1. The summed E-state index contributed by atoms with van der Waals surface area (Å²) in [6.45, 7) is 5.05. The zero-order chi connectivity index (χ0) is 27.8. The SMILES string of the molecule is CC1CN(S(=O)(=O)c2ccc(C(=O)N(CCN(C)C)c3nc4c(S(C)(=O)=O)cccc4s3)cc2)CC(C)O1.Cl. The van der Waals surface area contributed by atoms with Crippen LogP contribution in [0.1, 0.15) is 24.2 Å². The molecule has 4 rings (SSSR count). The summed E-state index contributed by atoms with van der Waals surface area (Å²) < 4.78 is 58.7. The van der Waals surface area contributed by atoms with Crippen LogP contribution in [0, 0.1) is 0 Å². The first-order valence-corrected chi connectivity index (χ1v) is 16.2. The van der Waals surface area contributed by atoms with Gasteiger partial charge in [-0.3, -0.25) is 9.69 Å². The van der Waals surface area contributed by atoms with Gasteiger partial charge in [0.15, 0.2) is 15.0 Å². The summed E-state index contributed by atoms with van der Waals surface area (Å²) in [5.74, 6) is -0.357. The van der Waals surface area contributed by atoms with Crippen molar-refractivity contribution < 1.29 is 26.4 Å². The van der Waals surface area contributed by atoms with E-state index in [1.807, 2.05) is 32.8 Å². The molecule has 0 aliphatic carbocycles. The molecule has 39 heavy (non-hydrogen) atoms. The second-order valence-electron chi connectivity index (χ2n) is 9.74. The first-order valence-electron chi connectivity index (χ1n) is 12.1. The highest BCUT2D eigenvalue weighted by atomic mass is 35.5. The quantitative estimate of drug-likeness (QED) is 0.379. The third-order valence-electron chi connectivity index (χ3n) is 6.14. The lowest BCUT2D eigenvalue weighted by molar-refractivity contribution is -0.0440. The lowest BCUT2D eigenvalue weighted by Crippen LogP contribution is -2.48. The maximum Gasteiger partial charge on any atom is 0.260 e. The minimum Gasteiger partial charge on any atom is -0.373 e. The molecule has 1 fully saturated rings. The molecular weight excluding hydrogens is 584 g/mol. The fourth-order valence-corrected chi connectivity index (χ4v) is 7.82. The molecule has 1 amide bonds. The van der Waals surface area contributed by atoms with Crippen molar-refractivity contribution in [2.75, 3.05) is 51.4 Å². The van der Waals surface area contributed by atoms with Crippen LogP contribution in [0.25, 0.3) is 10.2 Å². The highest BCUT2D eigenvalue weighted by Gasteiger charge is 2.32. The first-order chi connectivity index (χ1) is 17.8. The van der Waals surface area contributed by atoms with Crippen molar-refractivity contribution in [1.82, 2.24) is 14.2 Å². The molecular formula is C25H33ClN4O6S3. The van der Waals surface area contributed by atoms with E-state index in [4.69, 9.17) is 4.74 Å². The van der Waals surface area contributed by atoms with Gasteiger partial charge in [-0.25, -0.2) is 21.8 Å². The molecule has 0 saturated carbocycles. The van der Waals surface area contributed by atoms with Gasteiger partial charge in [0, 0.05) is 38.0 Å². The van der Waals surface area contributed by atoms with Gasteiger partial charge in [0.25, 0.3) is 5.91 Å². The number of benzene rings is 2. The second-order valence-corrected chi connectivity index (χ2v) is 14.7. The molecule has 1 saturated heterocycles. The van der Waals surface area contributed by atoms with E-state index in [1.165, 1.54) is 50.9 Å². The molecule has 2 unspecified atom stereocenters. The Morgan fingerprint density at radius 2 is 1.64 bits per heavy atom. The number of ether oxygens (including phenoxy) is 1. The van der Waals surface area contributed by atoms with Crippen LogP contribution in [0.3, 0.4) is 0 Å². The molecule has 3 aromatic rings. The molecule has 0 N–H and O–H groups in total. The van der Waals surface area contributed by atoms with Crippen LogP contribution in [0.5, 0.6) is 0 Å². The van der Waals surface area contributed by atoms with Crippen molar-refractivity contribution in [1.29, 1.82) is 0 Å². The lowest BCUT2D eigenvalue weighted by Gasteiger charge is -2.34. The Morgan fingerprint density at radius 3 is 2.21 bits per heavy atom. The predicted molar refractivity (Wildman–Crippen MR) is 155 cm³/mol. The van der Waals surface area contributed by atoms with Crippen LogP contribution in [0.2, 0.25) is 0 Å². The highest BCUT2D eigenvalue weighted by molar-refractivity contribution is 7.91. The molecule has 0 radical (unpaired) electrons. The Kier molecular flexibility index (Phi) is 9.80. The van der Waals surface area contributed by atoms with E-state index in [0.717, 1.165) is 6.26 Å². The van der Waals surface area contributed by atoms with Gasteiger partial charge in [-0.2, -0.15) is 4.31 Å². The Hall–Kier alpha value is -2.13. The molecule has 2 heterocycles. The van der Waals surface area contributed by atoms with Gasteiger partial charge < -0.3 is 9.64 Å². The van der Waals surface area contributed by atoms with Crippen LogP contribution in [-0.4, -0.2) is 95.7 Å². The van der Waals surface area contributed by atoms with Gasteiger partial charge in [0.2, 0.25) is 10.0 Å². The Morgan fingerprint density at radius 1 is 1.03 bits per heavy atom. The summed E-state index contributed by atoms with van der Waals surface area (Å²) in [4.78, 5) is 21.8. The third-order valence-corrected chi connectivity index (χ3v) is 10.2. The number of carbonyl (C=O) groups is 1. The van der Waals surface area contributed by atoms with E-state index >= 15 is 0 Å². The second kappa shape index (κ2) is 12.2. The van der Waals surface area contributed by atoms with Crippen molar-refractivity contribution >= 4 is 64.9 Å². The number of hydrogen-bond acceptors (Lipinski definition) is 9. The van der Waals surface area contributed by atoms with Gasteiger partial charge in [-0.05, 0) is 64.3 Å². The number of hydrogen-bond donors (Lipinski definition) is 0. The topological polar surface area (TPSA) is 117 Å². The molecule has 0 bridgehead atoms. The fraction of sp³-hybridized carbons (Fsp3) is 0.440. The van der Waals surface area contributed by atoms with E-state index in [2.05, 4.69) is 4.98 Å². The van der Waals surface area contributed by atoms with Crippen LogP contribution in [0.4, 0.5) is 5.13 Å². The van der Waals surface area contributed by atoms with Crippen LogP contribution in [0.15, 0.2) is 52.3 Å². The number of fused-ring (bicyclic) bond motifs is 1. The Balaban J connectivity index is 0.00000420. The number of sulfone groups is 1. The average Bonchev–Trinajstić information content (AvgIpc) is 3.26. The summed E-state index contributed by atoms with van der Waals surface area (Å²) in [6.07, 6.45) is 0.706. The number of thiazole rings is 1. The molecule has 14 heteroatoms. The van der Waals surface area contributed by atoms with E-state index in [1.54, 1.807) is 12.1 Å². The summed E-state index contributed by atoms with van der Waals surface area (Å²) in [5.41, 5.74) is 0.627. The summed E-state index contributed by atoms with van der Waals surface area (Å²) in [5, 5.41) is 0.371. The van der Waals surface area contributed by atoms with E-state index in [0.29, 0.717) is 34.0 Å². The van der Waals surface area contributed by atoms with Gasteiger partial charge in [-0.15, -0.1) is 12.4 Å². The van der Waals surface area contributed by atoms with E-state index in [9.17, 15) is 21.6 Å². The molecule has 2 aromatic carbocycles. The highest BCUT2D eigenvalue weighted by Crippen LogP contribution is 2.33. The molecule has 10 nitrogen and oxygen atoms in total. The van der Waals surface area contributed by atoms with E-state index in [-0.39, 0.29) is 53.4 Å². The molecule has 0 spiro atoms. The van der Waals surface area contributed by atoms with Crippen molar-refractivity contribution in [2.24, 2.45) is 0 Å². The van der Waals surface area contributed by atoms with Gasteiger partial charge >= 0.3 is 0 Å². The maximum atomic E-state index is 13.6. The number of rotatable bonds is 8. The van der Waals surface area contributed by atoms with Gasteiger partial charge in [0.1, 0.15) is 5.52 Å². The monoisotopic (exact) mass is 616 g/mol. The van der Waals surface area contributed by atoms with Crippen LogP contribution in [-0.2, 0) is 24.6 Å². The Labute approximate surface area is 239 Å². The molecule has 1 aromatic heterocycles. The molecule has 2 atom stereocenters. The minimum atomic E-state index is -3.75. The number of anilines is 1. The number of nitrogens with zero attached hydrogens (tertiary/aromatic N) is 4. The number of carbonyl (C=O) groups excluding carboxylic acids is 1. The number of likely N-dealkylation sites (N-methyl/N-ethyl adjacent to an activating group) is 1. The van der Waals surface area contributed by atoms with E-state index < -0.39 is 19.9 Å². The number of aromatic nitrogens is 1. The van der Waals surface area contributed by atoms with Crippen LogP contribution >= 0.6 is 23.7 Å². The first kappa shape index (κ1) is 31.4. The van der Waals surface area contributed by atoms with Crippen LogP contribution < -0.4 is 4.90 Å². The summed E-state index contributed by atoms with van der Waals surface area (Å²) in [6, 6.07) is 10.8. The predicted octanol–water partition coefficient (Wildman–Crippen LogP) is 3.13. The zero-order valence-electron chi connectivity index (χ0n) is 22.4. The van der Waals surface area contributed by atoms with Crippen molar-refractivity contribution in [3.63, 3.8) is 0 Å². The van der Waals surface area contributed by atoms with Crippen molar-refractivity contribution in [3.05, 3.63) is 48.0 Å². The smallest absolute Gasteiger partial charge is 0.260 e. The lowest BCUT2D eigenvalue weighted by atomic mass is 10.2. The van der Waals surface area contributed by atoms with Crippen molar-refractivity contribution in [2.45, 2.75) is 35.8 Å². The normalized spacial score (nSPS) is 18.7. The zero-order valence-corrected chi connectivity index (χ0v) is 25.7. The molecule has 1 aliphatic heterocycles. The van der Waals surface area contributed by atoms with Gasteiger partial charge in [0.05, 0.1) is 26.7 Å². The maximum absolute atomic E-state index is 13.6. The largest absolute Gasteiger partial charge is 0.373 e. The van der Waals surface area contributed by atoms with Gasteiger partial charge in [-0.1, -0.05) is 17.4 Å².